The summed E-state index contributed by atoms with van der Waals surface area (Å²) in [5.74, 6) is 0. The summed E-state index contributed by atoms with van der Waals surface area (Å²) >= 11 is 0. The average Bonchev–Trinajstić information content (AvgIpc) is 3.59. The molecule has 3 heterocycles. The molecular formula is C43H25N3. The van der Waals surface area contributed by atoms with E-state index in [0.717, 1.165) is 28.0 Å². The van der Waals surface area contributed by atoms with E-state index in [1.807, 2.05) is 12.1 Å². The molecule has 212 valence electrons. The van der Waals surface area contributed by atoms with Crippen molar-refractivity contribution < 1.29 is 0 Å². The van der Waals surface area contributed by atoms with Crippen molar-refractivity contribution in [3.63, 3.8) is 0 Å². The number of benzene rings is 7. The van der Waals surface area contributed by atoms with E-state index in [2.05, 4.69) is 155 Å². The summed E-state index contributed by atoms with van der Waals surface area (Å²) in [6.45, 7) is 0. The predicted octanol–water partition coefficient (Wildman–Crippen LogP) is 11.1. The van der Waals surface area contributed by atoms with Crippen LogP contribution in [-0.4, -0.2) is 9.13 Å². The van der Waals surface area contributed by atoms with Crippen molar-refractivity contribution in [2.45, 2.75) is 0 Å². The molecule has 0 amide bonds. The molecule has 0 unspecified atom stereocenters. The molecule has 1 aliphatic rings. The monoisotopic (exact) mass is 583 g/mol. The number of fused-ring (bicyclic) bond motifs is 11. The van der Waals surface area contributed by atoms with E-state index in [1.54, 1.807) is 0 Å². The summed E-state index contributed by atoms with van der Waals surface area (Å²) < 4.78 is 4.77. The first-order valence-electron chi connectivity index (χ1n) is 15.6. The van der Waals surface area contributed by atoms with Gasteiger partial charge < -0.3 is 9.13 Å². The molecule has 46 heavy (non-hydrogen) atoms. The predicted molar refractivity (Wildman–Crippen MR) is 190 cm³/mol. The highest BCUT2D eigenvalue weighted by molar-refractivity contribution is 6.17. The minimum absolute atomic E-state index is 0.663. The zero-order chi connectivity index (χ0) is 30.4. The number of hydrogen-bond donors (Lipinski definition) is 0. The number of nitrogens with zero attached hydrogens (tertiary/aromatic N) is 3. The highest BCUT2D eigenvalue weighted by atomic mass is 15.0. The normalized spacial score (nSPS) is 11.9. The van der Waals surface area contributed by atoms with E-state index in [1.165, 1.54) is 60.3 Å². The molecule has 0 N–H and O–H groups in total. The van der Waals surface area contributed by atoms with E-state index in [0.29, 0.717) is 5.56 Å². The van der Waals surface area contributed by atoms with Gasteiger partial charge in [-0.25, -0.2) is 0 Å². The Balaban J connectivity index is 1.26. The number of para-hydroxylation sites is 3. The zero-order valence-corrected chi connectivity index (χ0v) is 24.8. The van der Waals surface area contributed by atoms with E-state index < -0.39 is 0 Å². The maximum absolute atomic E-state index is 9.83. The van der Waals surface area contributed by atoms with Crippen molar-refractivity contribution in [1.82, 2.24) is 9.13 Å². The van der Waals surface area contributed by atoms with Crippen LogP contribution in [0.4, 0.5) is 0 Å². The maximum atomic E-state index is 9.83. The quantitative estimate of drug-likeness (QED) is 0.199. The number of aromatic nitrogens is 2. The maximum Gasteiger partial charge on any atom is 0.0991 e. The van der Waals surface area contributed by atoms with Gasteiger partial charge in [0, 0.05) is 38.4 Å². The van der Waals surface area contributed by atoms with Gasteiger partial charge >= 0.3 is 0 Å². The van der Waals surface area contributed by atoms with Crippen molar-refractivity contribution in [3.8, 4) is 50.8 Å². The number of hydrogen-bond acceptors (Lipinski definition) is 1. The van der Waals surface area contributed by atoms with Crippen LogP contribution in [0.5, 0.6) is 0 Å². The molecule has 7 aromatic carbocycles. The Kier molecular flexibility index (Phi) is 5.06. The Labute approximate surface area is 265 Å². The van der Waals surface area contributed by atoms with Crippen LogP contribution >= 0.6 is 0 Å². The van der Waals surface area contributed by atoms with E-state index in [9.17, 15) is 5.26 Å². The second kappa shape index (κ2) is 9.32. The Morgan fingerprint density at radius 3 is 1.96 bits per heavy atom. The molecule has 3 heteroatoms. The molecule has 0 aliphatic carbocycles. The van der Waals surface area contributed by atoms with Crippen LogP contribution in [0.1, 0.15) is 5.56 Å². The van der Waals surface area contributed by atoms with Gasteiger partial charge in [0.25, 0.3) is 0 Å². The SMILES string of the molecule is N#Cc1ccc2c(c1)-c1ccccc1-c1cccc3c4ccc(-c5ccc6c(c5)c5ccccc5n6-c5ccccc5)cc4n-2c13. The second-order valence-electron chi connectivity index (χ2n) is 12.1. The summed E-state index contributed by atoms with van der Waals surface area (Å²) in [5, 5.41) is 14.8. The van der Waals surface area contributed by atoms with Gasteiger partial charge in [0.15, 0.2) is 0 Å². The lowest BCUT2D eigenvalue weighted by atomic mass is 9.93. The topological polar surface area (TPSA) is 33.6 Å². The fourth-order valence-electron chi connectivity index (χ4n) is 7.69. The van der Waals surface area contributed by atoms with Crippen LogP contribution in [-0.2, 0) is 0 Å². The molecule has 0 saturated heterocycles. The van der Waals surface area contributed by atoms with Crippen LogP contribution in [0.25, 0.3) is 88.4 Å². The molecule has 0 radical (unpaired) electrons. The molecule has 0 atom stereocenters. The summed E-state index contributed by atoms with van der Waals surface area (Å²) in [5.41, 5.74) is 14.6. The third-order valence-electron chi connectivity index (χ3n) is 9.68. The van der Waals surface area contributed by atoms with Crippen LogP contribution < -0.4 is 0 Å². The lowest BCUT2D eigenvalue weighted by molar-refractivity contribution is 1.18. The van der Waals surface area contributed by atoms with E-state index >= 15 is 0 Å². The number of nitriles is 1. The molecule has 0 bridgehead atoms. The average molecular weight is 584 g/mol. The van der Waals surface area contributed by atoms with Gasteiger partial charge in [-0.05, 0) is 76.9 Å². The summed E-state index contributed by atoms with van der Waals surface area (Å²) in [4.78, 5) is 0. The minimum atomic E-state index is 0.663. The Hall–Kier alpha value is -6.37. The van der Waals surface area contributed by atoms with Crippen molar-refractivity contribution in [2.75, 3.05) is 0 Å². The summed E-state index contributed by atoms with van der Waals surface area (Å²) in [6.07, 6.45) is 0. The molecule has 0 fully saturated rings. The third kappa shape index (κ3) is 3.36. The van der Waals surface area contributed by atoms with Crippen LogP contribution in [0.2, 0.25) is 0 Å². The highest BCUT2D eigenvalue weighted by Gasteiger charge is 2.25. The van der Waals surface area contributed by atoms with Crippen LogP contribution in [0.15, 0.2) is 152 Å². The van der Waals surface area contributed by atoms with Crippen LogP contribution in [0, 0.1) is 11.3 Å². The molecule has 10 rings (SSSR count). The summed E-state index contributed by atoms with van der Waals surface area (Å²) in [7, 11) is 0. The molecular weight excluding hydrogens is 558 g/mol. The van der Waals surface area contributed by atoms with Gasteiger partial charge in [-0.2, -0.15) is 5.26 Å². The van der Waals surface area contributed by atoms with Crippen molar-refractivity contribution in [1.29, 1.82) is 5.26 Å². The Morgan fingerprint density at radius 2 is 1.09 bits per heavy atom. The molecule has 0 spiro atoms. The smallest absolute Gasteiger partial charge is 0.0991 e. The largest absolute Gasteiger partial charge is 0.309 e. The van der Waals surface area contributed by atoms with Gasteiger partial charge in [0.2, 0.25) is 0 Å². The Morgan fingerprint density at radius 1 is 0.413 bits per heavy atom. The highest BCUT2D eigenvalue weighted by Crippen LogP contribution is 2.47. The Bertz CT molecular complexity index is 2750. The molecule has 9 aromatic rings. The molecule has 1 aliphatic heterocycles. The van der Waals surface area contributed by atoms with E-state index in [-0.39, 0.29) is 0 Å². The van der Waals surface area contributed by atoms with Gasteiger partial charge in [-0.1, -0.05) is 97.1 Å². The van der Waals surface area contributed by atoms with Crippen molar-refractivity contribution in [2.24, 2.45) is 0 Å². The minimum Gasteiger partial charge on any atom is -0.309 e. The van der Waals surface area contributed by atoms with Crippen LogP contribution in [0.3, 0.4) is 0 Å². The van der Waals surface area contributed by atoms with Gasteiger partial charge in [0.1, 0.15) is 0 Å². The first kappa shape index (κ1) is 25.0. The molecule has 0 saturated carbocycles. The third-order valence-corrected chi connectivity index (χ3v) is 9.68. The first-order valence-corrected chi connectivity index (χ1v) is 15.6. The van der Waals surface area contributed by atoms with Gasteiger partial charge in [-0.3, -0.25) is 0 Å². The lowest BCUT2D eigenvalue weighted by Gasteiger charge is -2.13. The standard InChI is InChI=1S/C43H25N3/c44-26-27-17-21-41-37(23-27)32-12-5-4-11-31(32)35-14-8-15-36-34-20-18-29(25-42(34)46(41)43(35)36)28-19-22-40-38(24-28)33-13-6-7-16-39(33)45(40)30-9-2-1-3-10-30/h1-25H. The van der Waals surface area contributed by atoms with Gasteiger partial charge in [-0.15, -0.1) is 0 Å². The molecule has 3 nitrogen and oxygen atoms in total. The molecule has 2 aromatic heterocycles. The summed E-state index contributed by atoms with van der Waals surface area (Å²) in [6, 6.07) is 56.7. The first-order chi connectivity index (χ1) is 22.8. The van der Waals surface area contributed by atoms with Crippen molar-refractivity contribution in [3.05, 3.63) is 157 Å². The fourth-order valence-corrected chi connectivity index (χ4v) is 7.69. The number of rotatable bonds is 2. The lowest BCUT2D eigenvalue weighted by Crippen LogP contribution is -1.96. The fraction of sp³-hybridized carbons (Fsp3) is 0. The second-order valence-corrected chi connectivity index (χ2v) is 12.1. The van der Waals surface area contributed by atoms with Gasteiger partial charge in [0.05, 0.1) is 39.4 Å². The van der Waals surface area contributed by atoms with Crippen molar-refractivity contribution >= 4 is 43.6 Å². The van der Waals surface area contributed by atoms with E-state index in [4.69, 9.17) is 0 Å². The zero-order valence-electron chi connectivity index (χ0n) is 24.8.